The third kappa shape index (κ3) is 6.37. The highest BCUT2D eigenvalue weighted by molar-refractivity contribution is 7.13. The van der Waals surface area contributed by atoms with Crippen molar-refractivity contribution in [2.75, 3.05) is 18.4 Å². The third-order valence-corrected chi connectivity index (χ3v) is 5.60. The van der Waals surface area contributed by atoms with E-state index in [1.165, 1.54) is 24.2 Å². The summed E-state index contributed by atoms with van der Waals surface area (Å²) in [7, 11) is 0. The summed E-state index contributed by atoms with van der Waals surface area (Å²) in [6.07, 6.45) is 2.53. The van der Waals surface area contributed by atoms with Gasteiger partial charge < -0.3 is 5.32 Å². The third-order valence-electron chi connectivity index (χ3n) is 4.80. The summed E-state index contributed by atoms with van der Waals surface area (Å²) in [5.74, 6) is 0.358. The largest absolute Gasteiger partial charge is 0.347 e. The average molecular weight is 415 g/mol. The van der Waals surface area contributed by atoms with Crippen LogP contribution in [0.25, 0.3) is 0 Å². The molecule has 1 atom stereocenters. The van der Waals surface area contributed by atoms with Gasteiger partial charge in [-0.25, -0.2) is 4.98 Å². The number of carbonyl (C=O) groups is 2. The maximum Gasteiger partial charge on any atom is 0.257 e. The molecule has 0 radical (unpaired) electrons. The highest BCUT2D eigenvalue weighted by Gasteiger charge is 2.18. The van der Waals surface area contributed by atoms with E-state index in [0.717, 1.165) is 31.2 Å². The fraction of sp³-hybridized carbons (Fsp3) is 0.500. The highest BCUT2D eigenvalue weighted by atomic mass is 32.1. The van der Waals surface area contributed by atoms with Crippen LogP contribution in [-0.4, -0.2) is 40.3 Å². The van der Waals surface area contributed by atoms with Crippen LogP contribution < -0.4 is 10.6 Å². The van der Waals surface area contributed by atoms with Gasteiger partial charge in [0, 0.05) is 35.1 Å². The smallest absolute Gasteiger partial charge is 0.257 e. The molecule has 1 fully saturated rings. The molecule has 1 aromatic carbocycles. The molecule has 29 heavy (non-hydrogen) atoms. The molecule has 1 aromatic heterocycles. The number of hydrogen-bond acceptors (Lipinski definition) is 5. The Hall–Kier alpha value is -2.25. The molecule has 156 valence electrons. The Morgan fingerprint density at radius 3 is 2.45 bits per heavy atom. The van der Waals surface area contributed by atoms with Gasteiger partial charge in [-0.05, 0) is 70.3 Å². The van der Waals surface area contributed by atoms with Crippen LogP contribution in [0.4, 0.5) is 5.13 Å². The van der Waals surface area contributed by atoms with E-state index in [0.29, 0.717) is 16.3 Å². The average Bonchev–Trinajstić information content (AvgIpc) is 3.07. The molecule has 6 nitrogen and oxygen atoms in total. The van der Waals surface area contributed by atoms with Gasteiger partial charge in [-0.3, -0.25) is 19.8 Å². The predicted molar refractivity (Wildman–Crippen MR) is 117 cm³/mol. The van der Waals surface area contributed by atoms with E-state index < -0.39 is 0 Å². The van der Waals surface area contributed by atoms with Gasteiger partial charge in [0.15, 0.2) is 5.13 Å². The summed E-state index contributed by atoms with van der Waals surface area (Å²) in [5, 5.41) is 8.38. The number of hydrogen-bond donors (Lipinski definition) is 2. The summed E-state index contributed by atoms with van der Waals surface area (Å²) in [5.41, 5.74) is 1.72. The van der Waals surface area contributed by atoms with Crippen LogP contribution in [0.1, 0.15) is 66.9 Å². The minimum Gasteiger partial charge on any atom is -0.347 e. The number of nitrogens with one attached hydrogen (secondary N) is 2. The number of nitrogens with zero attached hydrogens (tertiary/aromatic N) is 2. The maximum atomic E-state index is 12.5. The van der Waals surface area contributed by atoms with Gasteiger partial charge in [-0.2, -0.15) is 0 Å². The second-order valence-electron chi connectivity index (χ2n) is 8.86. The van der Waals surface area contributed by atoms with Crippen LogP contribution in [0.3, 0.4) is 0 Å². The van der Waals surface area contributed by atoms with Crippen molar-refractivity contribution in [1.82, 2.24) is 15.2 Å². The Kier molecular flexibility index (Phi) is 6.70. The van der Waals surface area contributed by atoms with Crippen LogP contribution in [-0.2, 0) is 6.54 Å². The Bertz CT molecular complexity index is 854. The Morgan fingerprint density at radius 2 is 1.83 bits per heavy atom. The molecule has 2 N–H and O–H groups in total. The van der Waals surface area contributed by atoms with Crippen LogP contribution in [0.5, 0.6) is 0 Å². The quantitative estimate of drug-likeness (QED) is 0.771. The van der Waals surface area contributed by atoms with Crippen molar-refractivity contribution in [3.05, 3.63) is 46.5 Å². The molecule has 1 unspecified atom stereocenters. The van der Waals surface area contributed by atoms with Crippen LogP contribution in [0, 0.1) is 5.92 Å². The molecule has 7 heteroatoms. The van der Waals surface area contributed by atoms with Gasteiger partial charge in [0.2, 0.25) is 0 Å². The molecular weight excluding hydrogens is 384 g/mol. The zero-order chi connectivity index (χ0) is 21.0. The van der Waals surface area contributed by atoms with Crippen LogP contribution >= 0.6 is 11.3 Å². The zero-order valence-corrected chi connectivity index (χ0v) is 18.4. The number of thiazole rings is 1. The Morgan fingerprint density at radius 1 is 1.17 bits per heavy atom. The van der Waals surface area contributed by atoms with E-state index in [-0.39, 0.29) is 17.4 Å². The number of benzene rings is 1. The first kappa shape index (κ1) is 21.5. The van der Waals surface area contributed by atoms with Gasteiger partial charge in [0.25, 0.3) is 11.8 Å². The van der Waals surface area contributed by atoms with Crippen LogP contribution in [0.2, 0.25) is 0 Å². The molecular formula is C22H30N4O2S. The summed E-state index contributed by atoms with van der Waals surface area (Å²) in [4.78, 5) is 31.7. The normalized spacial score (nSPS) is 17.7. The molecule has 0 bridgehead atoms. The summed E-state index contributed by atoms with van der Waals surface area (Å²) in [6.45, 7) is 11.1. The lowest BCUT2D eigenvalue weighted by atomic mass is 10.0. The number of carbonyl (C=O) groups excluding carboxylic acids is 2. The molecule has 2 amide bonds. The topological polar surface area (TPSA) is 74.3 Å². The fourth-order valence-electron chi connectivity index (χ4n) is 3.45. The molecule has 1 saturated heterocycles. The second-order valence-corrected chi connectivity index (χ2v) is 9.72. The van der Waals surface area contributed by atoms with Crippen molar-refractivity contribution in [3.8, 4) is 0 Å². The van der Waals surface area contributed by atoms with E-state index >= 15 is 0 Å². The first-order valence-corrected chi connectivity index (χ1v) is 11.0. The van der Waals surface area contributed by atoms with E-state index in [1.54, 1.807) is 24.3 Å². The predicted octanol–water partition coefficient (Wildman–Crippen LogP) is 4.16. The van der Waals surface area contributed by atoms with Crippen molar-refractivity contribution < 1.29 is 9.59 Å². The minimum atomic E-state index is -0.304. The zero-order valence-electron chi connectivity index (χ0n) is 17.6. The first-order valence-electron chi connectivity index (χ1n) is 10.1. The van der Waals surface area contributed by atoms with Crippen molar-refractivity contribution in [2.24, 2.45) is 5.92 Å². The van der Waals surface area contributed by atoms with Gasteiger partial charge in [0.05, 0.1) is 5.69 Å². The Balaban J connectivity index is 1.56. The second kappa shape index (κ2) is 9.05. The molecule has 0 aliphatic carbocycles. The summed E-state index contributed by atoms with van der Waals surface area (Å²) < 4.78 is 0. The van der Waals surface area contributed by atoms with Gasteiger partial charge in [-0.1, -0.05) is 6.92 Å². The fourth-order valence-corrected chi connectivity index (χ4v) is 4.15. The first-order chi connectivity index (χ1) is 13.7. The van der Waals surface area contributed by atoms with Gasteiger partial charge >= 0.3 is 0 Å². The van der Waals surface area contributed by atoms with Crippen molar-refractivity contribution in [3.63, 3.8) is 0 Å². The monoisotopic (exact) mass is 414 g/mol. The van der Waals surface area contributed by atoms with E-state index in [2.05, 4.69) is 27.4 Å². The SMILES string of the molecule is CC1CCCN(Cc2csc(NC(=O)c3ccc(C(=O)NC(C)(C)C)cc3)n2)C1. The number of rotatable bonds is 5. The van der Waals surface area contributed by atoms with Crippen molar-refractivity contribution in [1.29, 1.82) is 0 Å². The molecule has 1 aliphatic heterocycles. The van der Waals surface area contributed by atoms with E-state index in [1.807, 2.05) is 26.2 Å². The molecule has 2 aromatic rings. The van der Waals surface area contributed by atoms with Crippen LogP contribution in [0.15, 0.2) is 29.6 Å². The molecule has 0 spiro atoms. The summed E-state index contributed by atoms with van der Waals surface area (Å²) in [6, 6.07) is 6.66. The molecule has 3 rings (SSSR count). The molecule has 2 heterocycles. The number of anilines is 1. The van der Waals surface area contributed by atoms with E-state index in [9.17, 15) is 9.59 Å². The van der Waals surface area contributed by atoms with Gasteiger partial charge in [0.1, 0.15) is 0 Å². The highest BCUT2D eigenvalue weighted by Crippen LogP contribution is 2.21. The lowest BCUT2D eigenvalue weighted by molar-refractivity contribution is 0.0918. The molecule has 1 aliphatic rings. The summed E-state index contributed by atoms with van der Waals surface area (Å²) >= 11 is 1.44. The van der Waals surface area contributed by atoms with Gasteiger partial charge in [-0.15, -0.1) is 11.3 Å². The lowest BCUT2D eigenvalue weighted by Gasteiger charge is -2.30. The minimum absolute atomic E-state index is 0.152. The molecule has 0 saturated carbocycles. The van der Waals surface area contributed by atoms with Crippen molar-refractivity contribution >= 4 is 28.3 Å². The lowest BCUT2D eigenvalue weighted by Crippen LogP contribution is -2.40. The number of amides is 2. The number of piperidine rings is 1. The number of aromatic nitrogens is 1. The van der Waals surface area contributed by atoms with Crippen molar-refractivity contribution in [2.45, 2.75) is 52.6 Å². The number of likely N-dealkylation sites (tertiary alicyclic amines) is 1. The maximum absolute atomic E-state index is 12.5. The Labute approximate surface area is 176 Å². The standard InChI is InChI=1S/C22H30N4O2S/c1-15-6-5-11-26(12-15)13-18-14-29-21(23-18)24-19(27)16-7-9-17(10-8-16)20(28)25-22(2,3)4/h7-10,14-15H,5-6,11-13H2,1-4H3,(H,25,28)(H,23,24,27). The van der Waals surface area contributed by atoms with E-state index in [4.69, 9.17) is 0 Å².